The fourth-order valence-electron chi connectivity index (χ4n) is 3.74. The molecule has 0 radical (unpaired) electrons. The Labute approximate surface area is 176 Å². The molecule has 1 aromatic heterocycles. The summed E-state index contributed by atoms with van der Waals surface area (Å²) < 4.78 is 28.3. The van der Waals surface area contributed by atoms with Crippen LogP contribution in [0.2, 0.25) is 0 Å². The van der Waals surface area contributed by atoms with Crippen molar-refractivity contribution in [3.05, 3.63) is 90.3 Å². The number of benzene rings is 2. The number of sulfonamides is 1. The number of rotatable bonds is 5. The average molecular weight is 422 g/mol. The molecule has 2 aromatic carbocycles. The summed E-state index contributed by atoms with van der Waals surface area (Å²) in [4.78, 5) is 16.7. The first-order valence-electron chi connectivity index (χ1n) is 9.94. The van der Waals surface area contributed by atoms with Crippen LogP contribution in [0.5, 0.6) is 0 Å². The predicted octanol–water partition coefficient (Wildman–Crippen LogP) is 4.25. The van der Waals surface area contributed by atoms with Gasteiger partial charge in [0.25, 0.3) is 5.91 Å². The van der Waals surface area contributed by atoms with E-state index >= 15 is 0 Å². The van der Waals surface area contributed by atoms with Gasteiger partial charge in [0, 0.05) is 30.2 Å². The Morgan fingerprint density at radius 1 is 0.967 bits per heavy atom. The third-order valence-electron chi connectivity index (χ3n) is 5.28. The smallest absolute Gasteiger partial charge is 0.255 e. The molecule has 30 heavy (non-hydrogen) atoms. The third kappa shape index (κ3) is 4.27. The monoisotopic (exact) mass is 421 g/mol. The third-order valence-corrected chi connectivity index (χ3v) is 7.20. The highest BCUT2D eigenvalue weighted by Crippen LogP contribution is 2.35. The summed E-state index contributed by atoms with van der Waals surface area (Å²) in [6, 6.07) is 18.8. The van der Waals surface area contributed by atoms with Crippen molar-refractivity contribution in [2.24, 2.45) is 0 Å². The first-order chi connectivity index (χ1) is 14.6. The Hall–Kier alpha value is -3.03. The molecule has 1 fully saturated rings. The number of aromatic nitrogens is 1. The fourth-order valence-corrected chi connectivity index (χ4v) is 5.42. The van der Waals surface area contributed by atoms with Crippen molar-refractivity contribution in [1.82, 2.24) is 9.29 Å². The van der Waals surface area contributed by atoms with Crippen LogP contribution in [0.1, 0.15) is 41.2 Å². The number of hydrogen-bond acceptors (Lipinski definition) is 4. The molecule has 1 aliphatic heterocycles. The van der Waals surface area contributed by atoms with Crippen molar-refractivity contribution in [2.45, 2.75) is 30.2 Å². The quantitative estimate of drug-likeness (QED) is 0.668. The topological polar surface area (TPSA) is 79.4 Å². The van der Waals surface area contributed by atoms with Gasteiger partial charge in [-0.15, -0.1) is 0 Å². The van der Waals surface area contributed by atoms with Crippen molar-refractivity contribution >= 4 is 21.6 Å². The molecule has 4 rings (SSSR count). The summed E-state index contributed by atoms with van der Waals surface area (Å²) in [5.74, 6) is -0.237. The lowest BCUT2D eigenvalue weighted by atomic mass is 9.99. The van der Waals surface area contributed by atoms with Gasteiger partial charge in [-0.3, -0.25) is 9.78 Å². The number of nitrogens with one attached hydrogen (secondary N) is 1. The van der Waals surface area contributed by atoms with E-state index in [0.29, 0.717) is 17.8 Å². The van der Waals surface area contributed by atoms with Gasteiger partial charge in [0.1, 0.15) is 0 Å². The Morgan fingerprint density at radius 3 is 2.43 bits per heavy atom. The lowest BCUT2D eigenvalue weighted by Crippen LogP contribution is -2.38. The van der Waals surface area contributed by atoms with Gasteiger partial charge in [-0.05, 0) is 60.9 Å². The van der Waals surface area contributed by atoms with Crippen LogP contribution < -0.4 is 5.32 Å². The Kier molecular flexibility index (Phi) is 5.92. The molecule has 1 N–H and O–H groups in total. The van der Waals surface area contributed by atoms with E-state index in [2.05, 4.69) is 10.3 Å². The van der Waals surface area contributed by atoms with Gasteiger partial charge >= 0.3 is 0 Å². The molecule has 0 unspecified atom stereocenters. The first kappa shape index (κ1) is 20.3. The van der Waals surface area contributed by atoms with E-state index in [0.717, 1.165) is 24.8 Å². The average Bonchev–Trinajstić information content (AvgIpc) is 2.80. The van der Waals surface area contributed by atoms with Crippen molar-refractivity contribution in [3.8, 4) is 0 Å². The van der Waals surface area contributed by atoms with Gasteiger partial charge in [-0.2, -0.15) is 4.31 Å². The van der Waals surface area contributed by atoms with Gasteiger partial charge in [-0.25, -0.2) is 8.42 Å². The molecule has 154 valence electrons. The number of hydrogen-bond donors (Lipinski definition) is 1. The number of carbonyl (C=O) groups excluding carboxylic acids is 1. The molecule has 2 heterocycles. The van der Waals surface area contributed by atoms with E-state index in [1.54, 1.807) is 65.2 Å². The van der Waals surface area contributed by atoms with Crippen molar-refractivity contribution in [1.29, 1.82) is 0 Å². The van der Waals surface area contributed by atoms with E-state index in [1.807, 2.05) is 18.2 Å². The maximum Gasteiger partial charge on any atom is 0.255 e. The molecular weight excluding hydrogens is 398 g/mol. The largest absolute Gasteiger partial charge is 0.322 e. The molecule has 1 saturated heterocycles. The molecule has 0 saturated carbocycles. The summed E-state index contributed by atoms with van der Waals surface area (Å²) >= 11 is 0. The number of piperidine rings is 1. The zero-order valence-electron chi connectivity index (χ0n) is 16.4. The van der Waals surface area contributed by atoms with Crippen LogP contribution >= 0.6 is 0 Å². The van der Waals surface area contributed by atoms with E-state index in [4.69, 9.17) is 0 Å². The number of anilines is 1. The number of nitrogens with zero attached hydrogens (tertiary/aromatic N) is 2. The maximum atomic E-state index is 13.3. The standard InChI is InChI=1S/C23H23N3O3S/c27-23(18-7-2-1-3-8-18)25-20-11-13-21(14-12-20)30(28,29)26-16-5-4-10-22(26)19-9-6-15-24-17-19/h1-3,6-9,11-15,17,22H,4-5,10,16H2,(H,25,27)/t22-/m0/s1. The molecule has 1 aliphatic rings. The van der Waals surface area contributed by atoms with Crippen molar-refractivity contribution in [3.63, 3.8) is 0 Å². The molecule has 3 aromatic rings. The first-order valence-corrected chi connectivity index (χ1v) is 11.4. The van der Waals surface area contributed by atoms with Crippen molar-refractivity contribution in [2.75, 3.05) is 11.9 Å². The van der Waals surface area contributed by atoms with Crippen LogP contribution in [0.15, 0.2) is 84.0 Å². The maximum absolute atomic E-state index is 13.3. The van der Waals surface area contributed by atoms with Gasteiger partial charge in [0.2, 0.25) is 10.0 Å². The van der Waals surface area contributed by atoms with Crippen LogP contribution in [0.25, 0.3) is 0 Å². The van der Waals surface area contributed by atoms with Crippen LogP contribution in [0, 0.1) is 0 Å². The summed E-state index contributed by atoms with van der Waals surface area (Å²) in [6.45, 7) is 0.481. The van der Waals surface area contributed by atoms with E-state index in [9.17, 15) is 13.2 Å². The van der Waals surface area contributed by atoms with Crippen LogP contribution in [0.4, 0.5) is 5.69 Å². The van der Waals surface area contributed by atoms with Crippen LogP contribution in [-0.4, -0.2) is 30.2 Å². The highest BCUT2D eigenvalue weighted by atomic mass is 32.2. The summed E-state index contributed by atoms with van der Waals surface area (Å²) in [5.41, 5.74) is 2.00. The second-order valence-electron chi connectivity index (χ2n) is 7.26. The molecule has 7 heteroatoms. The SMILES string of the molecule is O=C(Nc1ccc(S(=O)(=O)N2CCCC[C@H]2c2cccnc2)cc1)c1ccccc1. The minimum Gasteiger partial charge on any atom is -0.322 e. The predicted molar refractivity (Wildman–Crippen MR) is 116 cm³/mol. The Balaban J connectivity index is 1.54. The van der Waals surface area contributed by atoms with Gasteiger partial charge in [0.15, 0.2) is 0 Å². The molecule has 0 bridgehead atoms. The zero-order chi connectivity index (χ0) is 21.0. The highest BCUT2D eigenvalue weighted by molar-refractivity contribution is 7.89. The summed E-state index contributed by atoms with van der Waals surface area (Å²) in [5, 5.41) is 2.80. The molecule has 1 amide bonds. The molecule has 1 atom stereocenters. The minimum absolute atomic E-state index is 0.213. The van der Waals surface area contributed by atoms with Gasteiger partial charge < -0.3 is 5.32 Å². The van der Waals surface area contributed by atoms with E-state index in [-0.39, 0.29) is 16.8 Å². The number of pyridine rings is 1. The highest BCUT2D eigenvalue weighted by Gasteiger charge is 2.34. The zero-order valence-corrected chi connectivity index (χ0v) is 17.3. The molecule has 0 aliphatic carbocycles. The van der Waals surface area contributed by atoms with E-state index in [1.165, 1.54) is 0 Å². The Bertz CT molecular complexity index is 1100. The summed E-state index contributed by atoms with van der Waals surface area (Å²) in [7, 11) is -3.66. The second-order valence-corrected chi connectivity index (χ2v) is 9.15. The van der Waals surface area contributed by atoms with Crippen LogP contribution in [-0.2, 0) is 10.0 Å². The summed E-state index contributed by atoms with van der Waals surface area (Å²) in [6.07, 6.45) is 6.02. The number of carbonyl (C=O) groups is 1. The fraction of sp³-hybridized carbons (Fsp3) is 0.217. The molecular formula is C23H23N3O3S. The van der Waals surface area contributed by atoms with Gasteiger partial charge in [-0.1, -0.05) is 30.7 Å². The normalized spacial score (nSPS) is 17.4. The minimum atomic E-state index is -3.66. The molecule has 0 spiro atoms. The van der Waals surface area contributed by atoms with Gasteiger partial charge in [0.05, 0.1) is 10.9 Å². The lowest BCUT2D eigenvalue weighted by molar-refractivity contribution is 0.102. The Morgan fingerprint density at radius 2 is 1.73 bits per heavy atom. The van der Waals surface area contributed by atoms with Crippen molar-refractivity contribution < 1.29 is 13.2 Å². The lowest BCUT2D eigenvalue weighted by Gasteiger charge is -2.34. The van der Waals surface area contributed by atoms with E-state index < -0.39 is 10.0 Å². The van der Waals surface area contributed by atoms with Crippen LogP contribution in [0.3, 0.4) is 0 Å². The molecule has 6 nitrogen and oxygen atoms in total. The number of amides is 1. The second kappa shape index (κ2) is 8.77.